The van der Waals surface area contributed by atoms with Crippen LogP contribution in [0.3, 0.4) is 0 Å². The van der Waals surface area contributed by atoms with Crippen LogP contribution in [0.4, 0.5) is 0 Å². The SMILES string of the molecule is COc1c(-c2ccc(Cl)cc2)cc2ccc3c4ccccc4c4ccc5cc(-c6ccc(Cl)cc6)c(OC)c(C)c5c4c3c2c1C. The lowest BCUT2D eigenvalue weighted by Gasteiger charge is -2.21. The Morgan fingerprint density at radius 1 is 0.435 bits per heavy atom. The summed E-state index contributed by atoms with van der Waals surface area (Å²) in [6, 6.07) is 38.2. The number of ether oxygens (including phenoxy) is 2. The molecule has 8 aromatic rings. The maximum atomic E-state index is 6.25. The fraction of sp³-hybridized carbons (Fsp3) is 0.0952. The molecule has 0 aliphatic carbocycles. The molecule has 0 aromatic heterocycles. The molecule has 46 heavy (non-hydrogen) atoms. The fourth-order valence-corrected chi connectivity index (χ4v) is 7.75. The van der Waals surface area contributed by atoms with Crippen LogP contribution in [0.2, 0.25) is 10.0 Å². The van der Waals surface area contributed by atoms with Crippen LogP contribution in [0.25, 0.3) is 76.1 Å². The maximum absolute atomic E-state index is 6.25. The van der Waals surface area contributed by atoms with Crippen molar-refractivity contribution < 1.29 is 9.47 Å². The predicted molar refractivity (Wildman–Crippen MR) is 197 cm³/mol. The molecule has 0 radical (unpaired) electrons. The highest BCUT2D eigenvalue weighted by Gasteiger charge is 2.22. The topological polar surface area (TPSA) is 18.5 Å². The number of hydrogen-bond acceptors (Lipinski definition) is 2. The van der Waals surface area contributed by atoms with Crippen molar-refractivity contribution in [1.29, 1.82) is 0 Å². The van der Waals surface area contributed by atoms with Gasteiger partial charge in [0.15, 0.2) is 0 Å². The molecule has 0 amide bonds. The Hall–Kier alpha value is -4.76. The molecule has 2 nitrogen and oxygen atoms in total. The fourth-order valence-electron chi connectivity index (χ4n) is 7.49. The lowest BCUT2D eigenvalue weighted by molar-refractivity contribution is 0.414. The number of fused-ring (bicyclic) bond motifs is 10. The van der Waals surface area contributed by atoms with Gasteiger partial charge in [0.2, 0.25) is 0 Å². The van der Waals surface area contributed by atoms with Crippen LogP contribution in [-0.2, 0) is 0 Å². The van der Waals surface area contributed by atoms with Gasteiger partial charge in [-0.2, -0.15) is 0 Å². The number of halogens is 2. The van der Waals surface area contributed by atoms with Gasteiger partial charge in [-0.25, -0.2) is 0 Å². The van der Waals surface area contributed by atoms with E-state index in [1.54, 1.807) is 14.2 Å². The zero-order valence-electron chi connectivity index (χ0n) is 26.0. The lowest BCUT2D eigenvalue weighted by Crippen LogP contribution is -1.97. The summed E-state index contributed by atoms with van der Waals surface area (Å²) in [6.07, 6.45) is 0. The second-order valence-electron chi connectivity index (χ2n) is 11.9. The summed E-state index contributed by atoms with van der Waals surface area (Å²) in [5.74, 6) is 1.73. The molecule has 224 valence electrons. The maximum Gasteiger partial charge on any atom is 0.130 e. The molecule has 0 unspecified atom stereocenters. The van der Waals surface area contributed by atoms with E-state index >= 15 is 0 Å². The summed E-state index contributed by atoms with van der Waals surface area (Å²) in [5.41, 5.74) is 6.43. The van der Waals surface area contributed by atoms with Gasteiger partial charge in [0.25, 0.3) is 0 Å². The van der Waals surface area contributed by atoms with E-state index in [2.05, 4.69) is 98.8 Å². The first-order valence-electron chi connectivity index (χ1n) is 15.3. The van der Waals surface area contributed by atoms with Crippen molar-refractivity contribution in [3.05, 3.63) is 130 Å². The smallest absolute Gasteiger partial charge is 0.130 e. The molecule has 0 saturated heterocycles. The van der Waals surface area contributed by atoms with Crippen LogP contribution in [0.5, 0.6) is 11.5 Å². The summed E-state index contributed by atoms with van der Waals surface area (Å²) < 4.78 is 12.4. The van der Waals surface area contributed by atoms with Gasteiger partial charge >= 0.3 is 0 Å². The standard InChI is InChI=1S/C42H30Cl2O2/c1-23-37-27(21-35(41(23)45-3)25-9-15-29(43)16-10-25)13-19-33-31-7-5-6-8-32(31)34-20-14-28-22-36(26-11-17-30(44)18-12-26)42(46-4)24(2)38(28)40(34)39(33)37/h5-22H,1-4H3. The third-order valence-corrected chi connectivity index (χ3v) is 9.98. The molecule has 0 bridgehead atoms. The van der Waals surface area contributed by atoms with Crippen molar-refractivity contribution in [3.8, 4) is 33.8 Å². The second-order valence-corrected chi connectivity index (χ2v) is 12.8. The van der Waals surface area contributed by atoms with Crippen molar-refractivity contribution in [3.63, 3.8) is 0 Å². The summed E-state index contributed by atoms with van der Waals surface area (Å²) in [5, 5.41) is 13.5. The lowest BCUT2D eigenvalue weighted by atomic mass is 9.84. The molecule has 8 rings (SSSR count). The van der Waals surface area contributed by atoms with E-state index < -0.39 is 0 Å². The van der Waals surface area contributed by atoms with Crippen LogP contribution in [0.15, 0.2) is 109 Å². The molecular weight excluding hydrogens is 607 g/mol. The zero-order chi connectivity index (χ0) is 31.7. The Morgan fingerprint density at radius 2 is 0.826 bits per heavy atom. The number of hydrogen-bond donors (Lipinski definition) is 0. The van der Waals surface area contributed by atoms with Gasteiger partial charge < -0.3 is 9.47 Å². The first kappa shape index (κ1) is 28.7. The molecule has 0 fully saturated rings. The molecule has 0 spiro atoms. The van der Waals surface area contributed by atoms with Crippen LogP contribution in [0.1, 0.15) is 11.1 Å². The van der Waals surface area contributed by atoms with E-state index in [0.717, 1.165) is 55.7 Å². The van der Waals surface area contributed by atoms with Crippen LogP contribution >= 0.6 is 23.2 Å². The molecule has 0 N–H and O–H groups in total. The third-order valence-electron chi connectivity index (χ3n) is 9.47. The summed E-state index contributed by atoms with van der Waals surface area (Å²) >= 11 is 12.5. The minimum Gasteiger partial charge on any atom is -0.496 e. The Morgan fingerprint density at radius 3 is 1.20 bits per heavy atom. The largest absolute Gasteiger partial charge is 0.496 e. The van der Waals surface area contributed by atoms with Gasteiger partial charge in [-0.1, -0.05) is 96.0 Å². The van der Waals surface area contributed by atoms with Crippen molar-refractivity contribution >= 4 is 77.1 Å². The number of benzene rings is 8. The third kappa shape index (κ3) is 4.25. The van der Waals surface area contributed by atoms with Gasteiger partial charge in [0, 0.05) is 32.3 Å². The van der Waals surface area contributed by atoms with E-state index in [-0.39, 0.29) is 0 Å². The molecule has 0 aliphatic heterocycles. The summed E-state index contributed by atoms with van der Waals surface area (Å²) in [6.45, 7) is 4.36. The zero-order valence-corrected chi connectivity index (χ0v) is 27.5. The van der Waals surface area contributed by atoms with Gasteiger partial charge in [-0.3, -0.25) is 0 Å². The Balaban J connectivity index is 1.59. The molecule has 0 atom stereocenters. The molecule has 0 aliphatic rings. The van der Waals surface area contributed by atoms with Gasteiger partial charge in [-0.05, 0) is 115 Å². The van der Waals surface area contributed by atoms with E-state index in [1.165, 1.54) is 43.1 Å². The Labute approximate surface area is 277 Å². The first-order chi connectivity index (χ1) is 22.4. The molecule has 8 aromatic carbocycles. The summed E-state index contributed by atoms with van der Waals surface area (Å²) in [7, 11) is 3.52. The highest BCUT2D eigenvalue weighted by Crippen LogP contribution is 2.49. The monoisotopic (exact) mass is 636 g/mol. The molecule has 0 saturated carbocycles. The van der Waals surface area contributed by atoms with Crippen LogP contribution in [-0.4, -0.2) is 14.2 Å². The number of rotatable bonds is 4. The van der Waals surface area contributed by atoms with Crippen molar-refractivity contribution in [1.82, 2.24) is 0 Å². The molecule has 0 heterocycles. The quantitative estimate of drug-likeness (QED) is 0.179. The second kappa shape index (κ2) is 10.9. The van der Waals surface area contributed by atoms with E-state index in [4.69, 9.17) is 32.7 Å². The van der Waals surface area contributed by atoms with E-state index in [0.29, 0.717) is 10.0 Å². The number of methoxy groups -OCH3 is 2. The average Bonchev–Trinajstić information content (AvgIpc) is 3.08. The van der Waals surface area contributed by atoms with Gasteiger partial charge in [0.05, 0.1) is 14.2 Å². The number of aryl methyl sites for hydroxylation is 2. The van der Waals surface area contributed by atoms with E-state index in [1.807, 2.05) is 24.3 Å². The van der Waals surface area contributed by atoms with E-state index in [9.17, 15) is 0 Å². The molecular formula is C42H30Cl2O2. The molecule has 4 heteroatoms. The summed E-state index contributed by atoms with van der Waals surface area (Å²) in [4.78, 5) is 0. The minimum absolute atomic E-state index is 0.710. The predicted octanol–water partition coefficient (Wildman–Crippen LogP) is 12.7. The Kier molecular flexibility index (Phi) is 6.83. The van der Waals surface area contributed by atoms with Gasteiger partial charge in [-0.15, -0.1) is 0 Å². The van der Waals surface area contributed by atoms with Crippen LogP contribution in [0, 0.1) is 13.8 Å². The van der Waals surface area contributed by atoms with Crippen molar-refractivity contribution in [2.75, 3.05) is 14.2 Å². The van der Waals surface area contributed by atoms with Gasteiger partial charge in [0.1, 0.15) is 11.5 Å². The van der Waals surface area contributed by atoms with Crippen molar-refractivity contribution in [2.24, 2.45) is 0 Å². The first-order valence-corrected chi connectivity index (χ1v) is 16.1. The van der Waals surface area contributed by atoms with Crippen molar-refractivity contribution in [2.45, 2.75) is 13.8 Å². The highest BCUT2D eigenvalue weighted by atomic mass is 35.5. The normalized spacial score (nSPS) is 11.7. The van der Waals surface area contributed by atoms with Crippen LogP contribution < -0.4 is 9.47 Å². The average molecular weight is 638 g/mol. The Bertz CT molecular complexity index is 2340. The highest BCUT2D eigenvalue weighted by molar-refractivity contribution is 6.37. The minimum atomic E-state index is 0.710.